The van der Waals surface area contributed by atoms with Crippen molar-refractivity contribution in [1.82, 2.24) is 10.3 Å². The second-order valence-corrected chi connectivity index (χ2v) is 5.70. The van der Waals surface area contributed by atoms with E-state index in [1.807, 2.05) is 69.3 Å². The van der Waals surface area contributed by atoms with Crippen molar-refractivity contribution in [2.45, 2.75) is 38.6 Å². The van der Waals surface area contributed by atoms with Crippen LogP contribution in [0.25, 0.3) is 0 Å². The molecule has 0 bridgehead atoms. The summed E-state index contributed by atoms with van der Waals surface area (Å²) in [5.74, 6) is -0.0893. The quantitative estimate of drug-likeness (QED) is 0.910. The maximum absolute atomic E-state index is 12.6. The molecule has 1 amide bonds. The molecule has 0 aliphatic carbocycles. The number of rotatable bonds is 5. The van der Waals surface area contributed by atoms with Gasteiger partial charge in [0.25, 0.3) is 0 Å². The third kappa shape index (κ3) is 3.69. The third-order valence-corrected chi connectivity index (χ3v) is 3.67. The molecular weight excluding hydrogens is 260 g/mol. The van der Waals surface area contributed by atoms with Crippen LogP contribution in [0.2, 0.25) is 0 Å². The van der Waals surface area contributed by atoms with Crippen LogP contribution in [-0.2, 0) is 10.3 Å². The van der Waals surface area contributed by atoms with Gasteiger partial charge in [-0.2, -0.15) is 0 Å². The van der Waals surface area contributed by atoms with Crippen molar-refractivity contribution in [2.75, 3.05) is 0 Å². The third-order valence-electron chi connectivity index (χ3n) is 3.67. The van der Waals surface area contributed by atoms with Gasteiger partial charge in [0.2, 0.25) is 5.91 Å². The van der Waals surface area contributed by atoms with Crippen molar-refractivity contribution in [3.63, 3.8) is 0 Å². The SMILES string of the molecule is CC[C@@H](C(=O)NC(C)(C)c1ccccn1)c1ccccc1. The Morgan fingerprint density at radius 1 is 1.14 bits per heavy atom. The molecule has 1 heterocycles. The predicted octanol–water partition coefficient (Wildman–Crippen LogP) is 3.63. The fourth-order valence-electron chi connectivity index (χ4n) is 2.45. The van der Waals surface area contributed by atoms with Crippen LogP contribution in [0, 0.1) is 0 Å². The minimum absolute atomic E-state index is 0.0411. The maximum Gasteiger partial charge on any atom is 0.228 e. The van der Waals surface area contributed by atoms with Crippen molar-refractivity contribution in [1.29, 1.82) is 0 Å². The molecule has 0 unspecified atom stereocenters. The summed E-state index contributed by atoms with van der Waals surface area (Å²) in [7, 11) is 0. The lowest BCUT2D eigenvalue weighted by atomic mass is 9.93. The molecule has 1 N–H and O–H groups in total. The van der Waals surface area contributed by atoms with E-state index < -0.39 is 5.54 Å². The first-order valence-corrected chi connectivity index (χ1v) is 7.33. The number of carbonyl (C=O) groups excluding carboxylic acids is 1. The van der Waals surface area contributed by atoms with Crippen LogP contribution in [0.3, 0.4) is 0 Å². The van der Waals surface area contributed by atoms with Crippen LogP contribution in [0.15, 0.2) is 54.7 Å². The molecule has 21 heavy (non-hydrogen) atoms. The second-order valence-electron chi connectivity index (χ2n) is 5.70. The van der Waals surface area contributed by atoms with E-state index in [0.29, 0.717) is 0 Å². The maximum atomic E-state index is 12.6. The van der Waals surface area contributed by atoms with Crippen molar-refractivity contribution in [3.05, 3.63) is 66.0 Å². The zero-order chi connectivity index (χ0) is 15.3. The van der Waals surface area contributed by atoms with Crippen LogP contribution in [0.4, 0.5) is 0 Å². The van der Waals surface area contributed by atoms with E-state index in [2.05, 4.69) is 10.3 Å². The monoisotopic (exact) mass is 282 g/mol. The zero-order valence-corrected chi connectivity index (χ0v) is 12.8. The molecule has 2 rings (SSSR count). The Balaban J connectivity index is 2.16. The fraction of sp³-hybridized carbons (Fsp3) is 0.333. The summed E-state index contributed by atoms with van der Waals surface area (Å²) in [5.41, 5.74) is 1.43. The summed E-state index contributed by atoms with van der Waals surface area (Å²) in [6.07, 6.45) is 2.52. The number of carbonyl (C=O) groups is 1. The van der Waals surface area contributed by atoms with E-state index in [9.17, 15) is 4.79 Å². The summed E-state index contributed by atoms with van der Waals surface area (Å²) in [6, 6.07) is 15.6. The number of nitrogens with one attached hydrogen (secondary N) is 1. The predicted molar refractivity (Wildman–Crippen MR) is 84.9 cm³/mol. The van der Waals surface area contributed by atoms with Gasteiger partial charge in [-0.25, -0.2) is 0 Å². The Hall–Kier alpha value is -2.16. The molecule has 3 nitrogen and oxygen atoms in total. The van der Waals surface area contributed by atoms with Crippen molar-refractivity contribution in [2.24, 2.45) is 0 Å². The molecule has 1 aromatic heterocycles. The van der Waals surface area contributed by atoms with Gasteiger partial charge in [-0.3, -0.25) is 9.78 Å². The van der Waals surface area contributed by atoms with E-state index in [1.54, 1.807) is 6.20 Å². The van der Waals surface area contributed by atoms with Gasteiger partial charge in [-0.15, -0.1) is 0 Å². The minimum Gasteiger partial charge on any atom is -0.345 e. The van der Waals surface area contributed by atoms with Crippen LogP contribution >= 0.6 is 0 Å². The van der Waals surface area contributed by atoms with Gasteiger partial charge in [-0.05, 0) is 38.0 Å². The van der Waals surface area contributed by atoms with Crippen LogP contribution < -0.4 is 5.32 Å². The highest BCUT2D eigenvalue weighted by Gasteiger charge is 2.28. The van der Waals surface area contributed by atoms with Gasteiger partial charge in [0.05, 0.1) is 17.2 Å². The Morgan fingerprint density at radius 3 is 2.38 bits per heavy atom. The molecule has 0 radical (unpaired) electrons. The summed E-state index contributed by atoms with van der Waals surface area (Å²) in [4.78, 5) is 17.0. The van der Waals surface area contributed by atoms with Gasteiger partial charge >= 0.3 is 0 Å². The molecular formula is C18H22N2O. The van der Waals surface area contributed by atoms with Crippen LogP contribution in [-0.4, -0.2) is 10.9 Å². The molecule has 0 fully saturated rings. The lowest BCUT2D eigenvalue weighted by Crippen LogP contribution is -2.43. The highest BCUT2D eigenvalue weighted by atomic mass is 16.2. The first-order chi connectivity index (χ1) is 10.0. The smallest absolute Gasteiger partial charge is 0.228 e. The molecule has 3 heteroatoms. The van der Waals surface area contributed by atoms with Crippen LogP contribution in [0.5, 0.6) is 0 Å². The van der Waals surface area contributed by atoms with E-state index in [0.717, 1.165) is 17.7 Å². The van der Waals surface area contributed by atoms with E-state index in [4.69, 9.17) is 0 Å². The first-order valence-electron chi connectivity index (χ1n) is 7.33. The van der Waals surface area contributed by atoms with Gasteiger partial charge < -0.3 is 5.32 Å². The summed E-state index contributed by atoms with van der Waals surface area (Å²) < 4.78 is 0. The Bertz CT molecular complexity index is 579. The number of hydrogen-bond acceptors (Lipinski definition) is 2. The molecule has 0 saturated heterocycles. The number of pyridine rings is 1. The topological polar surface area (TPSA) is 42.0 Å². The summed E-state index contributed by atoms with van der Waals surface area (Å²) in [5, 5.41) is 3.12. The molecule has 0 aliphatic rings. The summed E-state index contributed by atoms with van der Waals surface area (Å²) in [6.45, 7) is 5.99. The van der Waals surface area contributed by atoms with Crippen molar-refractivity contribution < 1.29 is 4.79 Å². The van der Waals surface area contributed by atoms with E-state index in [1.165, 1.54) is 0 Å². The molecule has 0 aliphatic heterocycles. The molecule has 1 atom stereocenters. The number of amides is 1. The highest BCUT2D eigenvalue weighted by molar-refractivity contribution is 5.84. The number of nitrogens with zero attached hydrogens (tertiary/aromatic N) is 1. The lowest BCUT2D eigenvalue weighted by molar-refractivity contribution is -0.124. The molecule has 0 saturated carbocycles. The Kier molecular flexibility index (Phi) is 4.73. The van der Waals surface area contributed by atoms with E-state index >= 15 is 0 Å². The summed E-state index contributed by atoms with van der Waals surface area (Å²) >= 11 is 0. The second kappa shape index (κ2) is 6.53. The molecule has 1 aromatic carbocycles. The zero-order valence-electron chi connectivity index (χ0n) is 12.8. The average Bonchev–Trinajstić information content (AvgIpc) is 2.49. The number of benzene rings is 1. The molecule has 110 valence electrons. The first kappa shape index (κ1) is 15.2. The Morgan fingerprint density at radius 2 is 1.81 bits per heavy atom. The molecule has 2 aromatic rings. The largest absolute Gasteiger partial charge is 0.345 e. The Labute approximate surface area is 126 Å². The minimum atomic E-state index is -0.486. The standard InChI is InChI=1S/C18H22N2O/c1-4-15(14-10-6-5-7-11-14)17(21)20-18(2,3)16-12-8-9-13-19-16/h5-13,15H,4H2,1-3H3,(H,20,21)/t15-/m1/s1. The fourth-order valence-corrected chi connectivity index (χ4v) is 2.45. The van der Waals surface area contributed by atoms with Gasteiger partial charge in [0.15, 0.2) is 0 Å². The average molecular weight is 282 g/mol. The highest BCUT2D eigenvalue weighted by Crippen LogP contribution is 2.23. The van der Waals surface area contributed by atoms with Gasteiger partial charge in [-0.1, -0.05) is 43.3 Å². The van der Waals surface area contributed by atoms with E-state index in [-0.39, 0.29) is 11.8 Å². The normalized spacial score (nSPS) is 12.7. The van der Waals surface area contributed by atoms with Crippen molar-refractivity contribution >= 4 is 5.91 Å². The van der Waals surface area contributed by atoms with Crippen LogP contribution in [0.1, 0.15) is 44.4 Å². The van der Waals surface area contributed by atoms with Gasteiger partial charge in [0.1, 0.15) is 0 Å². The number of aromatic nitrogens is 1. The lowest BCUT2D eigenvalue weighted by Gasteiger charge is -2.28. The number of hydrogen-bond donors (Lipinski definition) is 1. The van der Waals surface area contributed by atoms with Crippen molar-refractivity contribution in [3.8, 4) is 0 Å². The van der Waals surface area contributed by atoms with Gasteiger partial charge in [0, 0.05) is 6.20 Å². The molecule has 0 spiro atoms.